The average molecular weight is 655 g/mol. The van der Waals surface area contributed by atoms with Crippen molar-refractivity contribution in [1.29, 1.82) is 5.26 Å². The molecule has 4 aromatic rings. The van der Waals surface area contributed by atoms with Gasteiger partial charge in [-0.2, -0.15) is 23.5 Å². The zero-order valence-electron chi connectivity index (χ0n) is 26.7. The fourth-order valence-electron chi connectivity index (χ4n) is 6.26. The van der Waals surface area contributed by atoms with Crippen LogP contribution in [0.3, 0.4) is 0 Å². The summed E-state index contributed by atoms with van der Waals surface area (Å²) in [4.78, 5) is 14.2. The lowest BCUT2D eigenvalue weighted by atomic mass is 9.69. The van der Waals surface area contributed by atoms with Gasteiger partial charge in [0.25, 0.3) is 0 Å². The van der Waals surface area contributed by atoms with Crippen LogP contribution in [0.4, 0.5) is 18.9 Å². The Morgan fingerprint density at radius 3 is 2.38 bits per heavy atom. The maximum atomic E-state index is 14.2. The van der Waals surface area contributed by atoms with Crippen molar-refractivity contribution in [3.63, 3.8) is 0 Å². The molecule has 1 aliphatic heterocycles. The van der Waals surface area contributed by atoms with E-state index in [0.29, 0.717) is 46.1 Å². The fraction of sp³-hybridized carbons (Fsp3) is 0.250. The van der Waals surface area contributed by atoms with Crippen LogP contribution in [0.1, 0.15) is 49.4 Å². The van der Waals surface area contributed by atoms with Crippen LogP contribution >= 0.6 is 0 Å². The Labute approximate surface area is 275 Å². The molecule has 0 bridgehead atoms. The quantitative estimate of drug-likeness (QED) is 0.208. The van der Waals surface area contributed by atoms with Gasteiger partial charge in [-0.15, -0.1) is 0 Å². The van der Waals surface area contributed by atoms with E-state index in [-0.39, 0.29) is 35.2 Å². The van der Waals surface area contributed by atoms with E-state index in [9.17, 15) is 23.2 Å². The van der Waals surface area contributed by atoms with Gasteiger partial charge in [-0.25, -0.2) is 9.69 Å². The van der Waals surface area contributed by atoms with Crippen LogP contribution in [-0.4, -0.2) is 27.7 Å². The van der Waals surface area contributed by atoms with E-state index in [1.54, 1.807) is 67.6 Å². The number of carbonyl (C=O) groups is 1. The molecule has 246 valence electrons. The number of anilines is 1. The molecule has 6 rings (SSSR count). The lowest BCUT2D eigenvalue weighted by Gasteiger charge is -2.43. The van der Waals surface area contributed by atoms with Crippen molar-refractivity contribution in [3.8, 4) is 29.1 Å². The number of nitrogens with zero attached hydrogens (tertiary/aromatic N) is 4. The second kappa shape index (κ2) is 12.2. The number of benzene rings is 3. The van der Waals surface area contributed by atoms with Crippen molar-refractivity contribution in [2.75, 3.05) is 12.5 Å². The van der Waals surface area contributed by atoms with Gasteiger partial charge in [0.15, 0.2) is 5.78 Å². The first-order chi connectivity index (χ1) is 22.8. The number of methoxy groups -OCH3 is 1. The predicted octanol–water partition coefficient (Wildman–Crippen LogP) is 7.76. The summed E-state index contributed by atoms with van der Waals surface area (Å²) in [6, 6.07) is 22.8. The monoisotopic (exact) mass is 654 g/mol. The molecule has 0 saturated carbocycles. The van der Waals surface area contributed by atoms with E-state index < -0.39 is 23.1 Å². The number of alkyl halides is 3. The van der Waals surface area contributed by atoms with Crippen molar-refractivity contribution >= 4 is 11.5 Å². The van der Waals surface area contributed by atoms with Crippen molar-refractivity contribution in [2.24, 2.45) is 11.1 Å². The number of ketones is 1. The van der Waals surface area contributed by atoms with E-state index >= 15 is 0 Å². The molecular formula is C36H33F3N6O3. The Morgan fingerprint density at radius 2 is 1.73 bits per heavy atom. The molecule has 1 atom stereocenters. The summed E-state index contributed by atoms with van der Waals surface area (Å²) in [6.45, 7) is 5.67. The number of allylic oxidation sites excluding steroid dienone is 3. The first-order valence-electron chi connectivity index (χ1n) is 15.2. The van der Waals surface area contributed by atoms with Crippen LogP contribution in [0.5, 0.6) is 17.4 Å². The highest BCUT2D eigenvalue weighted by atomic mass is 19.4. The number of hydrogen-bond acceptors (Lipinski definition) is 8. The first kappa shape index (κ1) is 32.2. The number of halogens is 3. The molecule has 2 aliphatic rings. The average Bonchev–Trinajstić information content (AvgIpc) is 3.36. The summed E-state index contributed by atoms with van der Waals surface area (Å²) in [6.07, 6.45) is -3.97. The number of para-hydroxylation sites is 1. The van der Waals surface area contributed by atoms with Gasteiger partial charge in [0.2, 0.25) is 5.88 Å². The van der Waals surface area contributed by atoms with E-state index in [0.717, 1.165) is 12.1 Å². The Bertz CT molecular complexity index is 1990. The van der Waals surface area contributed by atoms with E-state index in [1.165, 1.54) is 16.8 Å². The molecule has 0 spiro atoms. The van der Waals surface area contributed by atoms with Crippen molar-refractivity contribution in [3.05, 3.63) is 118 Å². The fourth-order valence-corrected chi connectivity index (χ4v) is 6.26. The number of nitrogens with one attached hydrogen (secondary N) is 1. The normalized spacial score (nSPS) is 17.6. The smallest absolute Gasteiger partial charge is 0.416 e. The maximum Gasteiger partial charge on any atom is 0.416 e. The molecule has 0 saturated heterocycles. The van der Waals surface area contributed by atoms with E-state index in [4.69, 9.17) is 20.3 Å². The molecule has 0 amide bonds. The molecule has 0 radical (unpaired) electrons. The van der Waals surface area contributed by atoms with Crippen LogP contribution in [0, 0.1) is 23.7 Å². The van der Waals surface area contributed by atoms with Gasteiger partial charge >= 0.3 is 6.18 Å². The van der Waals surface area contributed by atoms with Crippen molar-refractivity contribution < 1.29 is 27.4 Å². The minimum atomic E-state index is -4.60. The molecule has 9 nitrogen and oxygen atoms in total. The maximum absolute atomic E-state index is 14.2. The largest absolute Gasteiger partial charge is 0.497 e. The van der Waals surface area contributed by atoms with Crippen molar-refractivity contribution in [2.45, 2.75) is 45.7 Å². The zero-order valence-corrected chi connectivity index (χ0v) is 26.7. The number of nitrogens with two attached hydrogens (primary N) is 1. The standard InChI is InChI=1S/C36H33F3N6O3/c1-21-30(34(44(42-21)24-10-6-5-7-11-24)48-26-12-8-9-22(17-26)36(37,38)39)31-27(20-40)33(41)45(43-23-13-15-25(47-4)16-14-23)28-18-35(2,3)19-29(46)32(28)31/h5-17,31,43H,18-19,41H2,1-4H3. The summed E-state index contributed by atoms with van der Waals surface area (Å²) in [7, 11) is 1.56. The third kappa shape index (κ3) is 5.95. The molecule has 3 N–H and O–H groups in total. The van der Waals surface area contributed by atoms with E-state index in [1.807, 2.05) is 19.9 Å². The number of aryl methyl sites for hydroxylation is 1. The molecule has 3 aromatic carbocycles. The third-order valence-corrected chi connectivity index (χ3v) is 8.44. The number of nitriles is 1. The highest BCUT2D eigenvalue weighted by Gasteiger charge is 2.47. The Morgan fingerprint density at radius 1 is 1.02 bits per heavy atom. The van der Waals surface area contributed by atoms with Gasteiger partial charge in [0.1, 0.15) is 17.3 Å². The SMILES string of the molecule is COc1ccc(NN2C(N)=C(C#N)C(c3c(C)nn(-c4ccccc4)c3Oc3cccc(C(F)(F)F)c3)C3=C2CC(C)(C)CC3=O)cc1. The Kier molecular flexibility index (Phi) is 8.16. The number of carbonyl (C=O) groups excluding carboxylic acids is 1. The summed E-state index contributed by atoms with van der Waals surface area (Å²) >= 11 is 0. The molecule has 12 heteroatoms. The highest BCUT2D eigenvalue weighted by Crippen LogP contribution is 2.52. The first-order valence-corrected chi connectivity index (χ1v) is 15.2. The molecule has 0 fully saturated rings. The number of hydrogen-bond donors (Lipinski definition) is 2. The Balaban J connectivity index is 1.57. The molecule has 2 heterocycles. The van der Waals surface area contributed by atoms with Gasteiger partial charge in [0, 0.05) is 12.0 Å². The van der Waals surface area contributed by atoms with Crippen LogP contribution in [-0.2, 0) is 11.0 Å². The van der Waals surface area contributed by atoms with Crippen LogP contribution in [0.25, 0.3) is 5.69 Å². The minimum Gasteiger partial charge on any atom is -0.497 e. The van der Waals surface area contributed by atoms with Gasteiger partial charge in [0.05, 0.1) is 58.6 Å². The summed E-state index contributed by atoms with van der Waals surface area (Å²) in [5.41, 5.74) is 11.7. The molecule has 1 unspecified atom stereocenters. The summed E-state index contributed by atoms with van der Waals surface area (Å²) in [5, 5.41) is 17.0. The van der Waals surface area contributed by atoms with Gasteiger partial charge in [-0.1, -0.05) is 38.1 Å². The second-order valence-corrected chi connectivity index (χ2v) is 12.5. The van der Waals surface area contributed by atoms with Gasteiger partial charge < -0.3 is 15.2 Å². The van der Waals surface area contributed by atoms with E-state index in [2.05, 4.69) is 11.5 Å². The number of aromatic nitrogens is 2. The number of hydrazine groups is 1. The predicted molar refractivity (Wildman–Crippen MR) is 173 cm³/mol. The molecule has 48 heavy (non-hydrogen) atoms. The van der Waals surface area contributed by atoms with Crippen LogP contribution in [0.15, 0.2) is 102 Å². The number of Topliss-reactive ketones (excluding diaryl/α,β-unsaturated/α-hetero) is 1. The lowest BCUT2D eigenvalue weighted by Crippen LogP contribution is -2.44. The molecular weight excluding hydrogens is 621 g/mol. The number of rotatable bonds is 7. The highest BCUT2D eigenvalue weighted by molar-refractivity contribution is 6.00. The van der Waals surface area contributed by atoms with Crippen LogP contribution < -0.4 is 20.6 Å². The third-order valence-electron chi connectivity index (χ3n) is 8.44. The minimum absolute atomic E-state index is 0.0598. The lowest BCUT2D eigenvalue weighted by molar-refractivity contribution is -0.137. The summed E-state index contributed by atoms with van der Waals surface area (Å²) < 4.78 is 54.1. The topological polar surface area (TPSA) is 118 Å². The molecule has 1 aliphatic carbocycles. The van der Waals surface area contributed by atoms with Gasteiger partial charge in [-0.3, -0.25) is 10.2 Å². The summed E-state index contributed by atoms with van der Waals surface area (Å²) in [5.74, 6) is -0.522. The van der Waals surface area contributed by atoms with Crippen molar-refractivity contribution in [1.82, 2.24) is 14.8 Å². The Hall–Kier alpha value is -5.70. The second-order valence-electron chi connectivity index (χ2n) is 12.5. The zero-order chi connectivity index (χ0) is 34.4. The number of ether oxygens (including phenoxy) is 2. The van der Waals surface area contributed by atoms with Crippen LogP contribution in [0.2, 0.25) is 0 Å². The molecule has 1 aromatic heterocycles. The van der Waals surface area contributed by atoms with Gasteiger partial charge in [-0.05, 0) is 73.4 Å².